The van der Waals surface area contributed by atoms with Crippen LogP contribution in [0.15, 0.2) is 11.0 Å². The third-order valence-corrected chi connectivity index (χ3v) is 2.30. The fourth-order valence-corrected chi connectivity index (χ4v) is 1.35. The smallest absolute Gasteiger partial charge is 0.150 e. The van der Waals surface area contributed by atoms with Gasteiger partial charge in [-0.3, -0.25) is 0 Å². The molecular weight excluding hydrogens is 212 g/mol. The largest absolute Gasteiger partial charge is 0.223 e. The van der Waals surface area contributed by atoms with Crippen LogP contribution in [-0.2, 0) is 0 Å². The molecule has 1 rings (SSSR count). The summed E-state index contributed by atoms with van der Waals surface area (Å²) in [7, 11) is 0. The van der Waals surface area contributed by atoms with Gasteiger partial charge in [-0.25, -0.2) is 4.98 Å². The molecule has 1 nitrogen and oxygen atoms in total. The zero-order chi connectivity index (χ0) is 7.72. The molecule has 0 N–H and O–H groups in total. The molecule has 54 valence electrons. The van der Waals surface area contributed by atoms with E-state index < -0.39 is 0 Å². The van der Waals surface area contributed by atoms with Crippen molar-refractivity contribution < 1.29 is 0 Å². The zero-order valence-electron chi connectivity index (χ0n) is 4.61. The fourth-order valence-electron chi connectivity index (χ4n) is 0.457. The fraction of sp³-hybridized carbons (Fsp3) is 0. The van der Waals surface area contributed by atoms with Crippen LogP contribution in [-0.4, -0.2) is 4.98 Å². The summed E-state index contributed by atoms with van der Waals surface area (Å²) in [6.45, 7) is 0. The molecule has 0 unspecified atom stereocenters. The second-order valence-corrected chi connectivity index (χ2v) is 3.17. The average molecular weight is 215 g/mol. The number of pyridine rings is 1. The van der Waals surface area contributed by atoms with Crippen molar-refractivity contribution in [2.24, 2.45) is 0 Å². The summed E-state index contributed by atoms with van der Waals surface area (Å²) in [6.07, 6.45) is 0. The molecule has 5 heteroatoms. The number of rotatable bonds is 0. The standard InChI is InChI=1S/C5H2Cl3NS/c6-3-1-2(10)4(7)5(8)9-3/h1H,(H,9,10). The van der Waals surface area contributed by atoms with Gasteiger partial charge in [0, 0.05) is 4.90 Å². The SMILES string of the molecule is Sc1cc(Cl)nc(Cl)c1Cl. The van der Waals surface area contributed by atoms with Gasteiger partial charge in [0.25, 0.3) is 0 Å². The molecular formula is C5H2Cl3NS. The summed E-state index contributed by atoms with van der Waals surface area (Å²) in [5, 5.41) is 0.799. The minimum atomic E-state index is 0.180. The summed E-state index contributed by atoms with van der Waals surface area (Å²) in [5.74, 6) is 0. The van der Waals surface area contributed by atoms with Crippen molar-refractivity contribution in [2.45, 2.75) is 4.90 Å². The first-order valence-corrected chi connectivity index (χ1v) is 3.90. The first-order valence-electron chi connectivity index (χ1n) is 2.32. The third kappa shape index (κ3) is 1.70. The van der Waals surface area contributed by atoms with Crippen molar-refractivity contribution in [1.29, 1.82) is 0 Å². The first kappa shape index (κ1) is 8.47. The van der Waals surface area contributed by atoms with Gasteiger partial charge in [0.15, 0.2) is 5.15 Å². The van der Waals surface area contributed by atoms with Crippen molar-refractivity contribution in [3.8, 4) is 0 Å². The summed E-state index contributed by atoms with van der Waals surface area (Å²) in [6, 6.07) is 1.53. The molecule has 0 amide bonds. The van der Waals surface area contributed by atoms with Gasteiger partial charge in [-0.2, -0.15) is 0 Å². The maximum Gasteiger partial charge on any atom is 0.150 e. The molecule has 1 heterocycles. The lowest BCUT2D eigenvalue weighted by atomic mass is 10.5. The molecule has 0 aliphatic heterocycles. The van der Waals surface area contributed by atoms with E-state index in [9.17, 15) is 0 Å². The summed E-state index contributed by atoms with van der Waals surface area (Å²) in [4.78, 5) is 4.22. The van der Waals surface area contributed by atoms with E-state index in [0.717, 1.165) is 0 Å². The van der Waals surface area contributed by atoms with Crippen LogP contribution in [0, 0.1) is 0 Å². The Hall–Kier alpha value is 0.370. The van der Waals surface area contributed by atoms with Gasteiger partial charge in [-0.15, -0.1) is 12.6 Å². The van der Waals surface area contributed by atoms with Crippen LogP contribution in [0.25, 0.3) is 0 Å². The predicted octanol–water partition coefficient (Wildman–Crippen LogP) is 3.33. The topological polar surface area (TPSA) is 12.9 Å². The Morgan fingerprint density at radius 3 is 2.40 bits per heavy atom. The summed E-state index contributed by atoms with van der Waals surface area (Å²) >= 11 is 20.7. The lowest BCUT2D eigenvalue weighted by molar-refractivity contribution is 1.27. The second-order valence-electron chi connectivity index (χ2n) is 1.57. The highest BCUT2D eigenvalue weighted by molar-refractivity contribution is 7.80. The van der Waals surface area contributed by atoms with Crippen LogP contribution >= 0.6 is 47.4 Å². The second kappa shape index (κ2) is 3.18. The Bertz CT molecular complexity index is 240. The van der Waals surface area contributed by atoms with E-state index in [1.165, 1.54) is 6.07 Å². The van der Waals surface area contributed by atoms with E-state index in [4.69, 9.17) is 34.8 Å². The summed E-state index contributed by atoms with van der Waals surface area (Å²) in [5.41, 5.74) is 0. The van der Waals surface area contributed by atoms with Crippen molar-refractivity contribution in [2.75, 3.05) is 0 Å². The Morgan fingerprint density at radius 2 is 1.90 bits per heavy atom. The van der Waals surface area contributed by atoms with E-state index in [-0.39, 0.29) is 5.15 Å². The molecule has 0 bridgehead atoms. The van der Waals surface area contributed by atoms with E-state index in [0.29, 0.717) is 15.1 Å². The van der Waals surface area contributed by atoms with Gasteiger partial charge < -0.3 is 0 Å². The number of thiol groups is 1. The minimum Gasteiger partial charge on any atom is -0.223 e. The molecule has 0 aliphatic carbocycles. The number of hydrogen-bond donors (Lipinski definition) is 1. The monoisotopic (exact) mass is 213 g/mol. The maximum absolute atomic E-state index is 5.62. The van der Waals surface area contributed by atoms with Gasteiger partial charge in [-0.05, 0) is 6.07 Å². The molecule has 0 saturated carbocycles. The molecule has 0 radical (unpaired) electrons. The molecule has 0 aliphatic rings. The molecule has 0 spiro atoms. The van der Waals surface area contributed by atoms with Gasteiger partial charge >= 0.3 is 0 Å². The first-order chi connectivity index (χ1) is 4.61. The number of halogens is 3. The number of hydrogen-bond acceptors (Lipinski definition) is 2. The molecule has 1 aromatic heterocycles. The zero-order valence-corrected chi connectivity index (χ0v) is 7.77. The predicted molar refractivity (Wildman–Crippen MR) is 46.5 cm³/mol. The molecule has 0 aromatic carbocycles. The number of nitrogens with zero attached hydrogens (tertiary/aromatic N) is 1. The van der Waals surface area contributed by atoms with Crippen molar-refractivity contribution in [3.63, 3.8) is 0 Å². The summed E-state index contributed by atoms with van der Waals surface area (Å²) < 4.78 is 0. The minimum absolute atomic E-state index is 0.180. The Labute approximate surface area is 78.7 Å². The van der Waals surface area contributed by atoms with E-state index in [1.807, 2.05) is 0 Å². The average Bonchev–Trinajstić information content (AvgIpc) is 1.82. The van der Waals surface area contributed by atoms with E-state index >= 15 is 0 Å². The maximum atomic E-state index is 5.62. The van der Waals surface area contributed by atoms with Crippen LogP contribution in [0.3, 0.4) is 0 Å². The lowest BCUT2D eigenvalue weighted by Crippen LogP contribution is -1.79. The van der Waals surface area contributed by atoms with Crippen LogP contribution in [0.4, 0.5) is 0 Å². The Balaban J connectivity index is 3.31. The quantitative estimate of drug-likeness (QED) is 0.516. The van der Waals surface area contributed by atoms with Crippen LogP contribution in [0.2, 0.25) is 15.3 Å². The van der Waals surface area contributed by atoms with Gasteiger partial charge in [-0.1, -0.05) is 34.8 Å². The third-order valence-electron chi connectivity index (χ3n) is 0.867. The lowest BCUT2D eigenvalue weighted by Gasteiger charge is -1.97. The van der Waals surface area contributed by atoms with E-state index in [1.54, 1.807) is 0 Å². The van der Waals surface area contributed by atoms with Crippen LogP contribution < -0.4 is 0 Å². The normalized spacial score (nSPS) is 10.0. The molecule has 0 saturated heterocycles. The highest BCUT2D eigenvalue weighted by atomic mass is 35.5. The molecule has 1 aromatic rings. The van der Waals surface area contributed by atoms with Crippen molar-refractivity contribution in [1.82, 2.24) is 4.98 Å². The Morgan fingerprint density at radius 1 is 1.30 bits per heavy atom. The molecule has 0 atom stereocenters. The molecule has 10 heavy (non-hydrogen) atoms. The Kier molecular flexibility index (Phi) is 2.69. The number of aromatic nitrogens is 1. The van der Waals surface area contributed by atoms with Crippen molar-refractivity contribution in [3.05, 3.63) is 21.4 Å². The van der Waals surface area contributed by atoms with Gasteiger partial charge in [0.05, 0.1) is 5.02 Å². The van der Waals surface area contributed by atoms with E-state index in [2.05, 4.69) is 17.6 Å². The highest BCUT2D eigenvalue weighted by Gasteiger charge is 2.03. The van der Waals surface area contributed by atoms with Crippen molar-refractivity contribution >= 4 is 47.4 Å². The highest BCUT2D eigenvalue weighted by Crippen LogP contribution is 2.28. The van der Waals surface area contributed by atoms with Crippen LogP contribution in [0.1, 0.15) is 0 Å². The molecule has 0 fully saturated rings. The van der Waals surface area contributed by atoms with Crippen LogP contribution in [0.5, 0.6) is 0 Å². The van der Waals surface area contributed by atoms with Gasteiger partial charge in [0.1, 0.15) is 5.15 Å². The van der Waals surface area contributed by atoms with Gasteiger partial charge in [0.2, 0.25) is 0 Å².